The number of nitrogens with one attached hydrogen (secondary N) is 2. The Morgan fingerprint density at radius 1 is 1.29 bits per heavy atom. The lowest BCUT2D eigenvalue weighted by molar-refractivity contribution is -0.162. The van der Waals surface area contributed by atoms with Crippen LogP contribution in [-0.4, -0.2) is 31.3 Å². The summed E-state index contributed by atoms with van der Waals surface area (Å²) >= 11 is 0. The highest BCUT2D eigenvalue weighted by Gasteiger charge is 2.29. The minimum absolute atomic E-state index is 0.162. The first kappa shape index (κ1) is 11.5. The number of esters is 1. The molecule has 0 bridgehead atoms. The summed E-state index contributed by atoms with van der Waals surface area (Å²) in [5.41, 5.74) is -0.432. The third kappa shape index (κ3) is 2.96. The molecule has 2 unspecified atom stereocenters. The molecule has 0 radical (unpaired) electrons. The summed E-state index contributed by atoms with van der Waals surface area (Å²) in [5.74, 6) is -0.162. The van der Waals surface area contributed by atoms with Gasteiger partial charge in [-0.3, -0.25) is 10.1 Å². The van der Waals surface area contributed by atoms with Crippen molar-refractivity contribution < 1.29 is 9.53 Å². The maximum Gasteiger partial charge on any atom is 0.312 e. The first-order valence-electron chi connectivity index (χ1n) is 5.09. The van der Waals surface area contributed by atoms with E-state index < -0.39 is 5.41 Å². The minimum Gasteiger partial charge on any atom is -0.444 e. The Balaban J connectivity index is 2.46. The van der Waals surface area contributed by atoms with Crippen LogP contribution in [0, 0.1) is 5.41 Å². The molecule has 1 fully saturated rings. The standard InChI is InChI=1S/C10H20N2O2/c1-7-8(12-6-5-11-7)14-9(13)10(2,3)4/h7-8,11-12H,5-6H2,1-4H3. The lowest BCUT2D eigenvalue weighted by Gasteiger charge is -2.32. The highest BCUT2D eigenvalue weighted by Crippen LogP contribution is 2.16. The van der Waals surface area contributed by atoms with Gasteiger partial charge in [-0.05, 0) is 27.7 Å². The van der Waals surface area contributed by atoms with E-state index in [1.807, 2.05) is 27.7 Å². The molecule has 1 saturated heterocycles. The van der Waals surface area contributed by atoms with E-state index in [2.05, 4.69) is 10.6 Å². The van der Waals surface area contributed by atoms with Crippen molar-refractivity contribution in [2.45, 2.75) is 40.0 Å². The molecular weight excluding hydrogens is 180 g/mol. The number of rotatable bonds is 1. The Bertz CT molecular complexity index is 211. The highest BCUT2D eigenvalue weighted by atomic mass is 16.6. The Kier molecular flexibility index (Phi) is 3.50. The summed E-state index contributed by atoms with van der Waals surface area (Å²) in [6.07, 6.45) is -0.199. The molecule has 0 aromatic heterocycles. The molecule has 14 heavy (non-hydrogen) atoms. The van der Waals surface area contributed by atoms with Crippen LogP contribution in [0.1, 0.15) is 27.7 Å². The number of carbonyl (C=O) groups excluding carboxylic acids is 1. The van der Waals surface area contributed by atoms with Gasteiger partial charge in [-0.2, -0.15) is 0 Å². The molecule has 4 nitrogen and oxygen atoms in total. The molecule has 0 aliphatic carbocycles. The fraction of sp³-hybridized carbons (Fsp3) is 0.900. The topological polar surface area (TPSA) is 50.4 Å². The van der Waals surface area contributed by atoms with Crippen LogP contribution in [0.5, 0.6) is 0 Å². The van der Waals surface area contributed by atoms with Gasteiger partial charge in [0.25, 0.3) is 0 Å². The third-order valence-corrected chi connectivity index (χ3v) is 2.24. The molecule has 1 heterocycles. The summed E-state index contributed by atoms with van der Waals surface area (Å²) < 4.78 is 5.36. The zero-order chi connectivity index (χ0) is 10.8. The van der Waals surface area contributed by atoms with Gasteiger partial charge in [0.1, 0.15) is 0 Å². The van der Waals surface area contributed by atoms with Crippen LogP contribution >= 0.6 is 0 Å². The quantitative estimate of drug-likeness (QED) is 0.605. The Morgan fingerprint density at radius 3 is 2.36 bits per heavy atom. The van der Waals surface area contributed by atoms with E-state index in [1.54, 1.807) is 0 Å². The molecule has 0 saturated carbocycles. The lowest BCUT2D eigenvalue weighted by atomic mass is 9.97. The zero-order valence-corrected chi connectivity index (χ0v) is 9.39. The molecule has 0 amide bonds. The molecule has 0 aromatic rings. The third-order valence-electron chi connectivity index (χ3n) is 2.24. The molecule has 82 valence electrons. The number of hydrogen-bond donors (Lipinski definition) is 2. The Hall–Kier alpha value is -0.610. The van der Waals surface area contributed by atoms with Crippen LogP contribution in [-0.2, 0) is 9.53 Å². The predicted octanol–water partition coefficient (Wildman–Crippen LogP) is 0.483. The molecule has 0 spiro atoms. The van der Waals surface area contributed by atoms with Gasteiger partial charge in [-0.25, -0.2) is 0 Å². The first-order chi connectivity index (χ1) is 6.41. The van der Waals surface area contributed by atoms with E-state index in [4.69, 9.17) is 4.74 Å². The summed E-state index contributed by atoms with van der Waals surface area (Å²) in [7, 11) is 0. The molecule has 1 aliphatic heterocycles. The second-order valence-corrected chi connectivity index (χ2v) is 4.77. The average molecular weight is 200 g/mol. The van der Waals surface area contributed by atoms with E-state index in [0.29, 0.717) is 0 Å². The first-order valence-corrected chi connectivity index (χ1v) is 5.09. The van der Waals surface area contributed by atoms with Crippen molar-refractivity contribution in [3.63, 3.8) is 0 Å². The van der Waals surface area contributed by atoms with E-state index in [0.717, 1.165) is 13.1 Å². The normalized spacial score (nSPS) is 28.6. The highest BCUT2D eigenvalue weighted by molar-refractivity contribution is 5.75. The number of hydrogen-bond acceptors (Lipinski definition) is 4. The molecule has 2 N–H and O–H groups in total. The molecule has 4 heteroatoms. The van der Waals surface area contributed by atoms with E-state index >= 15 is 0 Å². The average Bonchev–Trinajstić information content (AvgIpc) is 2.07. The van der Waals surface area contributed by atoms with Crippen molar-refractivity contribution in [3.8, 4) is 0 Å². The molecule has 0 aromatic carbocycles. The smallest absolute Gasteiger partial charge is 0.312 e. The van der Waals surface area contributed by atoms with E-state index in [-0.39, 0.29) is 18.2 Å². The van der Waals surface area contributed by atoms with Crippen molar-refractivity contribution >= 4 is 5.97 Å². The van der Waals surface area contributed by atoms with Gasteiger partial charge < -0.3 is 10.1 Å². The number of carbonyl (C=O) groups is 1. The van der Waals surface area contributed by atoms with Crippen LogP contribution in [0.15, 0.2) is 0 Å². The predicted molar refractivity (Wildman–Crippen MR) is 54.8 cm³/mol. The molecule has 1 aliphatic rings. The van der Waals surface area contributed by atoms with Crippen molar-refractivity contribution in [2.24, 2.45) is 5.41 Å². The zero-order valence-electron chi connectivity index (χ0n) is 9.39. The van der Waals surface area contributed by atoms with Gasteiger partial charge >= 0.3 is 5.97 Å². The summed E-state index contributed by atoms with van der Waals surface area (Å²) in [6, 6.07) is 0.176. The van der Waals surface area contributed by atoms with Crippen LogP contribution < -0.4 is 10.6 Å². The second-order valence-electron chi connectivity index (χ2n) is 4.77. The van der Waals surface area contributed by atoms with Crippen LogP contribution in [0.2, 0.25) is 0 Å². The van der Waals surface area contributed by atoms with Gasteiger partial charge in [0.2, 0.25) is 0 Å². The van der Waals surface area contributed by atoms with Crippen molar-refractivity contribution in [2.75, 3.05) is 13.1 Å². The lowest BCUT2D eigenvalue weighted by Crippen LogP contribution is -2.56. The summed E-state index contributed by atoms with van der Waals surface area (Å²) in [4.78, 5) is 11.6. The summed E-state index contributed by atoms with van der Waals surface area (Å²) in [5, 5.41) is 6.42. The molecule has 2 atom stereocenters. The maximum absolute atomic E-state index is 11.6. The maximum atomic E-state index is 11.6. The monoisotopic (exact) mass is 200 g/mol. The van der Waals surface area contributed by atoms with Gasteiger partial charge in [-0.1, -0.05) is 0 Å². The fourth-order valence-electron chi connectivity index (χ4n) is 1.23. The largest absolute Gasteiger partial charge is 0.444 e. The summed E-state index contributed by atoms with van der Waals surface area (Å²) in [6.45, 7) is 9.34. The van der Waals surface area contributed by atoms with Crippen molar-refractivity contribution in [1.82, 2.24) is 10.6 Å². The van der Waals surface area contributed by atoms with Crippen molar-refractivity contribution in [3.05, 3.63) is 0 Å². The van der Waals surface area contributed by atoms with Gasteiger partial charge in [0, 0.05) is 13.1 Å². The Labute approximate surface area is 85.4 Å². The van der Waals surface area contributed by atoms with Crippen molar-refractivity contribution in [1.29, 1.82) is 0 Å². The van der Waals surface area contributed by atoms with Crippen LogP contribution in [0.25, 0.3) is 0 Å². The van der Waals surface area contributed by atoms with Gasteiger partial charge in [-0.15, -0.1) is 0 Å². The van der Waals surface area contributed by atoms with E-state index in [9.17, 15) is 4.79 Å². The fourth-order valence-corrected chi connectivity index (χ4v) is 1.23. The van der Waals surface area contributed by atoms with Gasteiger partial charge in [0.15, 0.2) is 6.23 Å². The van der Waals surface area contributed by atoms with Crippen LogP contribution in [0.4, 0.5) is 0 Å². The van der Waals surface area contributed by atoms with Gasteiger partial charge in [0.05, 0.1) is 11.5 Å². The van der Waals surface area contributed by atoms with Crippen LogP contribution in [0.3, 0.4) is 0 Å². The minimum atomic E-state index is -0.432. The molecular formula is C10H20N2O2. The SMILES string of the molecule is CC1NCCNC1OC(=O)C(C)(C)C. The second kappa shape index (κ2) is 4.28. The number of piperazine rings is 1. The number of ether oxygens (including phenoxy) is 1. The molecule has 1 rings (SSSR count). The Morgan fingerprint density at radius 2 is 1.86 bits per heavy atom. The van der Waals surface area contributed by atoms with E-state index in [1.165, 1.54) is 0 Å².